The largest absolute Gasteiger partial charge is 0.469 e. The van der Waals surface area contributed by atoms with E-state index in [1.54, 1.807) is 0 Å². The van der Waals surface area contributed by atoms with Gasteiger partial charge in [0.1, 0.15) is 12.2 Å². The van der Waals surface area contributed by atoms with Crippen molar-refractivity contribution in [3.63, 3.8) is 0 Å². The van der Waals surface area contributed by atoms with Gasteiger partial charge in [0.05, 0.1) is 25.7 Å². The SMILES string of the molecule is C=C(C(=O)OCCOC1CCC(C2CCC(C(=O)OC)CC2)CC1)C(F)(F)F. The zero-order valence-corrected chi connectivity index (χ0v) is 16.3. The Morgan fingerprint density at radius 2 is 1.46 bits per heavy atom. The fourth-order valence-corrected chi connectivity index (χ4v) is 4.27. The maximum Gasteiger partial charge on any atom is 0.422 e. The number of halogens is 3. The molecular weight excluding hydrogens is 377 g/mol. The summed E-state index contributed by atoms with van der Waals surface area (Å²) >= 11 is 0. The van der Waals surface area contributed by atoms with Crippen LogP contribution < -0.4 is 0 Å². The van der Waals surface area contributed by atoms with Crippen LogP contribution in [0, 0.1) is 17.8 Å². The topological polar surface area (TPSA) is 61.8 Å². The van der Waals surface area contributed by atoms with Crippen LogP contribution >= 0.6 is 0 Å². The molecule has 0 heterocycles. The summed E-state index contributed by atoms with van der Waals surface area (Å²) in [5.74, 6) is -0.253. The van der Waals surface area contributed by atoms with Gasteiger partial charge in [-0.05, 0) is 63.2 Å². The van der Waals surface area contributed by atoms with Crippen LogP contribution in [0.3, 0.4) is 0 Å². The molecule has 160 valence electrons. The predicted molar refractivity (Wildman–Crippen MR) is 95.3 cm³/mol. The zero-order chi connectivity index (χ0) is 20.7. The molecule has 0 radical (unpaired) electrons. The van der Waals surface area contributed by atoms with Crippen LogP contribution in [0.4, 0.5) is 13.2 Å². The number of hydrogen-bond acceptors (Lipinski definition) is 5. The van der Waals surface area contributed by atoms with E-state index in [2.05, 4.69) is 11.3 Å². The summed E-state index contributed by atoms with van der Waals surface area (Å²) in [5.41, 5.74) is -1.50. The highest BCUT2D eigenvalue weighted by atomic mass is 19.4. The molecule has 2 aliphatic carbocycles. The van der Waals surface area contributed by atoms with Crippen molar-refractivity contribution in [1.29, 1.82) is 0 Å². The van der Waals surface area contributed by atoms with Crippen molar-refractivity contribution < 1.29 is 37.0 Å². The second-order valence-corrected chi connectivity index (χ2v) is 7.65. The summed E-state index contributed by atoms with van der Waals surface area (Å²) < 4.78 is 52.0. The lowest BCUT2D eigenvalue weighted by atomic mass is 9.70. The molecule has 2 aliphatic rings. The van der Waals surface area contributed by atoms with E-state index in [9.17, 15) is 22.8 Å². The Kier molecular flexibility index (Phi) is 8.34. The molecule has 0 N–H and O–H groups in total. The molecule has 0 aliphatic heterocycles. The van der Waals surface area contributed by atoms with Crippen molar-refractivity contribution in [3.8, 4) is 0 Å². The number of carbonyl (C=O) groups excluding carboxylic acids is 2. The summed E-state index contributed by atoms with van der Waals surface area (Å²) in [5, 5.41) is 0. The van der Waals surface area contributed by atoms with E-state index in [0.717, 1.165) is 51.4 Å². The first-order valence-electron chi connectivity index (χ1n) is 9.85. The van der Waals surface area contributed by atoms with E-state index < -0.39 is 17.7 Å². The number of esters is 2. The third kappa shape index (κ3) is 6.50. The molecule has 2 rings (SSSR count). The van der Waals surface area contributed by atoms with Crippen LogP contribution in [-0.2, 0) is 23.8 Å². The van der Waals surface area contributed by atoms with Crippen LogP contribution in [0.5, 0.6) is 0 Å². The van der Waals surface area contributed by atoms with Crippen molar-refractivity contribution in [2.24, 2.45) is 17.8 Å². The quantitative estimate of drug-likeness (QED) is 0.360. The third-order valence-corrected chi connectivity index (χ3v) is 5.95. The average Bonchev–Trinajstić information content (AvgIpc) is 2.69. The number of methoxy groups -OCH3 is 1. The van der Waals surface area contributed by atoms with E-state index in [1.165, 1.54) is 7.11 Å². The molecule has 0 aromatic carbocycles. The predicted octanol–water partition coefficient (Wildman–Crippen LogP) is 4.20. The molecule has 0 spiro atoms. The highest BCUT2D eigenvalue weighted by Gasteiger charge is 2.38. The van der Waals surface area contributed by atoms with Gasteiger partial charge in [-0.25, -0.2) is 4.79 Å². The molecule has 0 amide bonds. The van der Waals surface area contributed by atoms with Crippen molar-refractivity contribution in [2.75, 3.05) is 20.3 Å². The maximum atomic E-state index is 12.3. The first-order chi connectivity index (χ1) is 13.2. The van der Waals surface area contributed by atoms with Gasteiger partial charge in [0, 0.05) is 0 Å². The molecule has 2 saturated carbocycles. The van der Waals surface area contributed by atoms with Gasteiger partial charge in [0.2, 0.25) is 0 Å². The van der Waals surface area contributed by atoms with Crippen molar-refractivity contribution >= 4 is 11.9 Å². The number of ether oxygens (including phenoxy) is 3. The Balaban J connectivity index is 1.60. The van der Waals surface area contributed by atoms with Gasteiger partial charge in [-0.3, -0.25) is 4.79 Å². The van der Waals surface area contributed by atoms with Crippen molar-refractivity contribution in [1.82, 2.24) is 0 Å². The maximum absolute atomic E-state index is 12.3. The van der Waals surface area contributed by atoms with E-state index in [1.807, 2.05) is 0 Å². The van der Waals surface area contributed by atoms with Gasteiger partial charge in [-0.15, -0.1) is 0 Å². The fraction of sp³-hybridized carbons (Fsp3) is 0.800. The Morgan fingerprint density at radius 1 is 0.929 bits per heavy atom. The number of carbonyl (C=O) groups is 2. The summed E-state index contributed by atoms with van der Waals surface area (Å²) in [6.07, 6.45) is 3.04. The Morgan fingerprint density at radius 3 is 1.96 bits per heavy atom. The zero-order valence-electron chi connectivity index (χ0n) is 16.3. The van der Waals surface area contributed by atoms with E-state index in [0.29, 0.717) is 11.8 Å². The molecule has 0 bridgehead atoms. The number of rotatable bonds is 7. The fourth-order valence-electron chi connectivity index (χ4n) is 4.27. The van der Waals surface area contributed by atoms with Crippen LogP contribution in [0.15, 0.2) is 12.2 Å². The molecule has 2 fully saturated rings. The molecule has 0 atom stereocenters. The minimum atomic E-state index is -4.77. The summed E-state index contributed by atoms with van der Waals surface area (Å²) in [6, 6.07) is 0. The third-order valence-electron chi connectivity index (χ3n) is 5.95. The van der Waals surface area contributed by atoms with E-state index >= 15 is 0 Å². The highest BCUT2D eigenvalue weighted by molar-refractivity contribution is 5.89. The molecule has 28 heavy (non-hydrogen) atoms. The normalized spacial score (nSPS) is 28.4. The monoisotopic (exact) mass is 406 g/mol. The molecule has 5 nitrogen and oxygen atoms in total. The summed E-state index contributed by atoms with van der Waals surface area (Å²) in [6.45, 7) is 2.56. The first kappa shape index (κ1) is 22.7. The minimum absolute atomic E-state index is 0.0389. The van der Waals surface area contributed by atoms with Crippen LogP contribution in [-0.4, -0.2) is 44.5 Å². The van der Waals surface area contributed by atoms with Gasteiger partial charge < -0.3 is 14.2 Å². The highest BCUT2D eigenvalue weighted by Crippen LogP contribution is 2.40. The Hall–Kier alpha value is -1.57. The second-order valence-electron chi connectivity index (χ2n) is 7.65. The van der Waals surface area contributed by atoms with Gasteiger partial charge in [0.25, 0.3) is 0 Å². The summed E-state index contributed by atoms with van der Waals surface area (Å²) in [4.78, 5) is 22.8. The van der Waals surface area contributed by atoms with Crippen LogP contribution in [0.1, 0.15) is 51.4 Å². The number of hydrogen-bond donors (Lipinski definition) is 0. The van der Waals surface area contributed by atoms with Crippen molar-refractivity contribution in [3.05, 3.63) is 12.2 Å². The average molecular weight is 406 g/mol. The molecule has 8 heteroatoms. The standard InChI is InChI=1S/C20H29F3O5/c1-13(20(21,22)23)18(24)28-12-11-27-17-9-7-15(8-10-17)14-3-5-16(6-4-14)19(25)26-2/h14-17H,1,3-12H2,2H3. The van der Waals surface area contributed by atoms with Crippen molar-refractivity contribution in [2.45, 2.75) is 63.6 Å². The van der Waals surface area contributed by atoms with E-state index in [4.69, 9.17) is 9.47 Å². The van der Waals surface area contributed by atoms with Gasteiger partial charge in [0.15, 0.2) is 0 Å². The molecule has 0 aromatic rings. The lowest BCUT2D eigenvalue weighted by molar-refractivity contribution is -0.153. The van der Waals surface area contributed by atoms with Gasteiger partial charge in [-0.1, -0.05) is 6.58 Å². The summed E-state index contributed by atoms with van der Waals surface area (Å²) in [7, 11) is 1.43. The molecule has 0 saturated heterocycles. The molecule has 0 aromatic heterocycles. The van der Waals surface area contributed by atoms with Gasteiger partial charge >= 0.3 is 18.1 Å². The lowest BCUT2D eigenvalue weighted by Gasteiger charge is -2.37. The Bertz CT molecular complexity index is 545. The number of alkyl halides is 3. The first-order valence-corrected chi connectivity index (χ1v) is 9.85. The molecule has 0 unspecified atom stereocenters. The van der Waals surface area contributed by atoms with Gasteiger partial charge in [-0.2, -0.15) is 13.2 Å². The molecular formula is C20H29F3O5. The minimum Gasteiger partial charge on any atom is -0.469 e. The van der Waals surface area contributed by atoms with Crippen LogP contribution in [0.25, 0.3) is 0 Å². The van der Waals surface area contributed by atoms with E-state index in [-0.39, 0.29) is 31.2 Å². The smallest absolute Gasteiger partial charge is 0.422 e. The Labute approximate surface area is 163 Å². The van der Waals surface area contributed by atoms with Crippen LogP contribution in [0.2, 0.25) is 0 Å². The second kappa shape index (κ2) is 10.3. The lowest BCUT2D eigenvalue weighted by Crippen LogP contribution is -2.31.